The summed E-state index contributed by atoms with van der Waals surface area (Å²) in [4.78, 5) is 25.7. The number of nitrogens with zero attached hydrogens (tertiary/aromatic N) is 2. The van der Waals surface area contributed by atoms with Gasteiger partial charge in [0.1, 0.15) is 0 Å². The average molecular weight is 294 g/mol. The number of aliphatic hydroxyl groups is 1. The lowest BCUT2D eigenvalue weighted by Crippen LogP contribution is -2.54. The number of hydrogen-bond acceptors (Lipinski definition) is 4. The molecular weight excluding hydrogens is 277 g/mol. The summed E-state index contributed by atoms with van der Waals surface area (Å²) in [7, 11) is 0. The minimum Gasteiger partial charge on any atom is -0.380 e. The second kappa shape index (κ2) is 5.33. The molecule has 2 amide bonds. The summed E-state index contributed by atoms with van der Waals surface area (Å²) in [6.45, 7) is 0.770. The van der Waals surface area contributed by atoms with E-state index in [-0.39, 0.29) is 57.1 Å². The van der Waals surface area contributed by atoms with Crippen molar-refractivity contribution in [3.8, 4) is 0 Å². The topological polar surface area (TPSA) is 60.9 Å². The second-order valence-corrected chi connectivity index (χ2v) is 5.31. The van der Waals surface area contributed by atoms with E-state index < -0.39 is 11.8 Å². The fourth-order valence-electron chi connectivity index (χ4n) is 2.54. The average Bonchev–Trinajstić information content (AvgIpc) is 2.67. The van der Waals surface area contributed by atoms with Crippen LogP contribution in [-0.4, -0.2) is 64.7 Å². The van der Waals surface area contributed by atoms with Gasteiger partial charge < -0.3 is 10.0 Å². The standard InChI is InChI=1S/C12H17F3N2O3/c13-12(14,15)11(20)3-5-16(6-4-11)7-8-17-9(18)1-2-10(17)19/h20H,1-8H2. The molecule has 0 saturated carbocycles. The van der Waals surface area contributed by atoms with Crippen molar-refractivity contribution in [3.05, 3.63) is 0 Å². The molecule has 0 radical (unpaired) electrons. The van der Waals surface area contributed by atoms with Crippen LogP contribution in [0, 0.1) is 0 Å². The molecule has 2 aliphatic heterocycles. The van der Waals surface area contributed by atoms with Crippen molar-refractivity contribution in [3.63, 3.8) is 0 Å². The van der Waals surface area contributed by atoms with Gasteiger partial charge in [0.2, 0.25) is 11.8 Å². The minimum atomic E-state index is -4.61. The predicted octanol–water partition coefficient (Wildman–Crippen LogP) is 0.525. The number of amides is 2. The Labute approximate surface area is 114 Å². The predicted molar refractivity (Wildman–Crippen MR) is 62.6 cm³/mol. The summed E-state index contributed by atoms with van der Waals surface area (Å²) >= 11 is 0. The molecule has 0 bridgehead atoms. The van der Waals surface area contributed by atoms with Crippen LogP contribution in [0.2, 0.25) is 0 Å². The number of likely N-dealkylation sites (tertiary alicyclic amines) is 2. The van der Waals surface area contributed by atoms with Crippen molar-refractivity contribution in [2.45, 2.75) is 37.5 Å². The van der Waals surface area contributed by atoms with Gasteiger partial charge in [-0.2, -0.15) is 13.2 Å². The zero-order chi connectivity index (χ0) is 15.0. The Hall–Kier alpha value is -1.15. The van der Waals surface area contributed by atoms with Crippen LogP contribution in [0.5, 0.6) is 0 Å². The van der Waals surface area contributed by atoms with Gasteiger partial charge in [-0.25, -0.2) is 0 Å². The molecule has 2 aliphatic rings. The van der Waals surface area contributed by atoms with Gasteiger partial charge in [0, 0.05) is 39.0 Å². The maximum Gasteiger partial charge on any atom is 0.417 e. The molecule has 20 heavy (non-hydrogen) atoms. The van der Waals surface area contributed by atoms with Crippen LogP contribution >= 0.6 is 0 Å². The number of rotatable bonds is 3. The zero-order valence-electron chi connectivity index (χ0n) is 10.9. The minimum absolute atomic E-state index is 0.103. The van der Waals surface area contributed by atoms with Crippen LogP contribution in [0.3, 0.4) is 0 Å². The molecule has 2 saturated heterocycles. The molecule has 0 aromatic heterocycles. The maximum absolute atomic E-state index is 12.6. The van der Waals surface area contributed by atoms with Gasteiger partial charge in [0.25, 0.3) is 0 Å². The molecule has 114 valence electrons. The second-order valence-electron chi connectivity index (χ2n) is 5.31. The Morgan fingerprint density at radius 2 is 1.55 bits per heavy atom. The van der Waals surface area contributed by atoms with Crippen molar-refractivity contribution in [1.29, 1.82) is 0 Å². The Morgan fingerprint density at radius 1 is 1.05 bits per heavy atom. The van der Waals surface area contributed by atoms with E-state index in [0.717, 1.165) is 4.90 Å². The molecule has 0 aliphatic carbocycles. The highest BCUT2D eigenvalue weighted by Crippen LogP contribution is 2.38. The summed E-state index contributed by atoms with van der Waals surface area (Å²) in [5, 5.41) is 9.52. The van der Waals surface area contributed by atoms with Crippen molar-refractivity contribution in [1.82, 2.24) is 9.80 Å². The van der Waals surface area contributed by atoms with E-state index in [9.17, 15) is 27.9 Å². The first-order chi connectivity index (χ1) is 9.23. The normalized spacial score (nSPS) is 24.5. The summed E-state index contributed by atoms with van der Waals surface area (Å²) in [6.07, 6.45) is -4.93. The van der Waals surface area contributed by atoms with E-state index >= 15 is 0 Å². The van der Waals surface area contributed by atoms with Crippen LogP contribution in [0.25, 0.3) is 0 Å². The Morgan fingerprint density at radius 3 is 2.00 bits per heavy atom. The highest BCUT2D eigenvalue weighted by Gasteiger charge is 2.54. The summed E-state index contributed by atoms with van der Waals surface area (Å²) in [5.41, 5.74) is -2.61. The van der Waals surface area contributed by atoms with Gasteiger partial charge in [-0.3, -0.25) is 14.5 Å². The number of piperidine rings is 1. The van der Waals surface area contributed by atoms with Gasteiger partial charge >= 0.3 is 6.18 Å². The summed E-state index contributed by atoms with van der Waals surface area (Å²) in [6, 6.07) is 0. The monoisotopic (exact) mass is 294 g/mol. The molecule has 2 rings (SSSR count). The fourth-order valence-corrected chi connectivity index (χ4v) is 2.54. The van der Waals surface area contributed by atoms with Crippen molar-refractivity contribution >= 4 is 11.8 Å². The van der Waals surface area contributed by atoms with E-state index in [1.165, 1.54) is 0 Å². The van der Waals surface area contributed by atoms with Crippen LogP contribution in [0.4, 0.5) is 13.2 Å². The number of halogens is 3. The van der Waals surface area contributed by atoms with Gasteiger partial charge in [-0.1, -0.05) is 0 Å². The molecule has 0 aromatic carbocycles. The van der Waals surface area contributed by atoms with Gasteiger partial charge in [-0.05, 0) is 12.8 Å². The molecule has 2 heterocycles. The largest absolute Gasteiger partial charge is 0.417 e. The maximum atomic E-state index is 12.6. The first kappa shape index (κ1) is 15.2. The van der Waals surface area contributed by atoms with Gasteiger partial charge in [-0.15, -0.1) is 0 Å². The fraction of sp³-hybridized carbons (Fsp3) is 0.833. The van der Waals surface area contributed by atoms with Gasteiger partial charge in [0.15, 0.2) is 5.60 Å². The molecule has 8 heteroatoms. The lowest BCUT2D eigenvalue weighted by Gasteiger charge is -2.39. The van der Waals surface area contributed by atoms with Crippen molar-refractivity contribution in [2.75, 3.05) is 26.2 Å². The Kier molecular flexibility index (Phi) is 4.06. The number of carbonyl (C=O) groups is 2. The van der Waals surface area contributed by atoms with Crippen molar-refractivity contribution < 1.29 is 27.9 Å². The van der Waals surface area contributed by atoms with E-state index in [2.05, 4.69) is 0 Å². The lowest BCUT2D eigenvalue weighted by molar-refractivity contribution is -0.272. The number of alkyl halides is 3. The Balaban J connectivity index is 1.81. The number of imide groups is 1. The molecule has 0 spiro atoms. The number of carbonyl (C=O) groups excluding carboxylic acids is 2. The molecule has 0 unspecified atom stereocenters. The quantitative estimate of drug-likeness (QED) is 0.771. The first-order valence-electron chi connectivity index (χ1n) is 6.58. The van der Waals surface area contributed by atoms with Crippen LogP contribution in [0.1, 0.15) is 25.7 Å². The molecular formula is C12H17F3N2O3. The third-order valence-corrected chi connectivity index (χ3v) is 4.01. The number of hydrogen-bond donors (Lipinski definition) is 1. The third-order valence-electron chi connectivity index (χ3n) is 4.01. The smallest absolute Gasteiger partial charge is 0.380 e. The zero-order valence-corrected chi connectivity index (χ0v) is 10.9. The molecule has 0 atom stereocenters. The molecule has 5 nitrogen and oxygen atoms in total. The van der Waals surface area contributed by atoms with Crippen LogP contribution in [-0.2, 0) is 9.59 Å². The first-order valence-corrected chi connectivity index (χ1v) is 6.58. The van der Waals surface area contributed by atoms with E-state index in [1.54, 1.807) is 4.90 Å². The van der Waals surface area contributed by atoms with E-state index in [4.69, 9.17) is 0 Å². The van der Waals surface area contributed by atoms with Gasteiger partial charge in [0.05, 0.1) is 0 Å². The van der Waals surface area contributed by atoms with Crippen LogP contribution < -0.4 is 0 Å². The van der Waals surface area contributed by atoms with E-state index in [0.29, 0.717) is 6.54 Å². The van der Waals surface area contributed by atoms with E-state index in [1.807, 2.05) is 0 Å². The van der Waals surface area contributed by atoms with Crippen molar-refractivity contribution in [2.24, 2.45) is 0 Å². The SMILES string of the molecule is O=C1CCC(=O)N1CCN1CCC(O)(C(F)(F)F)CC1. The molecule has 0 aromatic rings. The molecule has 2 fully saturated rings. The van der Waals surface area contributed by atoms with Crippen LogP contribution in [0.15, 0.2) is 0 Å². The summed E-state index contributed by atoms with van der Waals surface area (Å²) in [5.74, 6) is -0.447. The molecule has 1 N–H and O–H groups in total. The summed E-state index contributed by atoms with van der Waals surface area (Å²) < 4.78 is 37.9. The highest BCUT2D eigenvalue weighted by atomic mass is 19.4. The highest BCUT2D eigenvalue weighted by molar-refractivity contribution is 6.01. The third kappa shape index (κ3) is 2.95. The Bertz CT molecular complexity index is 387. The lowest BCUT2D eigenvalue weighted by atomic mass is 9.91.